The van der Waals surface area contributed by atoms with Gasteiger partial charge in [-0.15, -0.1) is 0 Å². The van der Waals surface area contributed by atoms with Crippen molar-refractivity contribution in [1.29, 1.82) is 0 Å². The van der Waals surface area contributed by atoms with Gasteiger partial charge in [0, 0.05) is 6.07 Å². The molecule has 2 aromatic rings. The van der Waals surface area contributed by atoms with Gasteiger partial charge in [0.1, 0.15) is 12.4 Å². The summed E-state index contributed by atoms with van der Waals surface area (Å²) in [5, 5.41) is 9.77. The zero-order valence-corrected chi connectivity index (χ0v) is 11.4. The third-order valence-electron chi connectivity index (χ3n) is 3.54. The van der Waals surface area contributed by atoms with E-state index in [1.807, 2.05) is 30.3 Å². The first-order valence-corrected chi connectivity index (χ1v) is 6.70. The van der Waals surface area contributed by atoms with Gasteiger partial charge in [-0.2, -0.15) is 0 Å². The van der Waals surface area contributed by atoms with Crippen molar-refractivity contribution in [3.05, 3.63) is 53.2 Å². The molecule has 1 aliphatic carbocycles. The lowest BCUT2D eigenvalue weighted by Crippen LogP contribution is -2.00. The van der Waals surface area contributed by atoms with Crippen LogP contribution in [0, 0.1) is 0 Å². The number of hydrogen-bond acceptors (Lipinski definition) is 4. The molecule has 0 aliphatic heterocycles. The number of methoxy groups -OCH3 is 1. The summed E-state index contributed by atoms with van der Waals surface area (Å²) in [6.45, 7) is 0.401. The molecule has 4 heteroatoms. The second-order valence-corrected chi connectivity index (χ2v) is 4.88. The highest BCUT2D eigenvalue weighted by molar-refractivity contribution is 5.39. The minimum atomic E-state index is -0.320. The summed E-state index contributed by atoms with van der Waals surface area (Å²) in [6, 6.07) is 11.4. The van der Waals surface area contributed by atoms with Gasteiger partial charge in [0.05, 0.1) is 18.9 Å². The predicted octanol–water partition coefficient (Wildman–Crippen LogP) is 2.65. The van der Waals surface area contributed by atoms with Crippen molar-refractivity contribution in [2.45, 2.75) is 25.6 Å². The third-order valence-corrected chi connectivity index (χ3v) is 3.54. The number of hydrogen-bond donors (Lipinski definition) is 1. The molecule has 104 valence electrons. The minimum absolute atomic E-state index is 0.320. The van der Waals surface area contributed by atoms with Gasteiger partial charge in [-0.05, 0) is 42.2 Å². The van der Waals surface area contributed by atoms with Crippen LogP contribution in [-0.4, -0.2) is 17.2 Å². The van der Waals surface area contributed by atoms with Crippen molar-refractivity contribution in [3.63, 3.8) is 0 Å². The molecule has 20 heavy (non-hydrogen) atoms. The molecule has 0 amide bonds. The number of aryl methyl sites for hydroxylation is 1. The fourth-order valence-electron chi connectivity index (χ4n) is 2.47. The molecule has 1 atom stereocenters. The Bertz CT molecular complexity index is 612. The smallest absolute Gasteiger partial charge is 0.213 e. The Morgan fingerprint density at radius 3 is 3.05 bits per heavy atom. The number of benzene rings is 1. The van der Waals surface area contributed by atoms with E-state index in [1.165, 1.54) is 5.56 Å². The van der Waals surface area contributed by atoms with Crippen LogP contribution in [0.5, 0.6) is 11.6 Å². The molecule has 1 aliphatic rings. The van der Waals surface area contributed by atoms with Gasteiger partial charge in [-0.3, -0.25) is 0 Å². The fraction of sp³-hybridized carbons (Fsp3) is 0.312. The largest absolute Gasteiger partial charge is 0.487 e. The van der Waals surface area contributed by atoms with E-state index < -0.39 is 0 Å². The number of rotatable bonds is 4. The first-order chi connectivity index (χ1) is 9.76. The zero-order chi connectivity index (χ0) is 13.9. The molecule has 1 N–H and O–H groups in total. The number of nitrogens with zero attached hydrogens (tertiary/aromatic N) is 1. The summed E-state index contributed by atoms with van der Waals surface area (Å²) in [7, 11) is 1.60. The number of pyridine rings is 1. The number of fused-ring (bicyclic) bond motifs is 1. The van der Waals surface area contributed by atoms with Crippen LogP contribution in [0.25, 0.3) is 0 Å². The number of aliphatic hydroxyl groups excluding tert-OH is 1. The normalized spacial score (nSPS) is 16.8. The molecule has 0 spiro atoms. The molecule has 1 aromatic carbocycles. The Balaban J connectivity index is 1.69. The first kappa shape index (κ1) is 12.9. The van der Waals surface area contributed by atoms with Crippen molar-refractivity contribution < 1.29 is 14.6 Å². The lowest BCUT2D eigenvalue weighted by Gasteiger charge is -2.09. The van der Waals surface area contributed by atoms with Gasteiger partial charge in [0.25, 0.3) is 0 Å². The SMILES string of the molecule is COc1cccc(COc2ccc3c(c2)CC[C@@H]3O)n1. The Kier molecular flexibility index (Phi) is 3.56. The summed E-state index contributed by atoms with van der Waals surface area (Å²) >= 11 is 0. The molecule has 1 aromatic heterocycles. The molecular formula is C16H17NO3. The molecule has 0 saturated heterocycles. The van der Waals surface area contributed by atoms with E-state index in [4.69, 9.17) is 9.47 Å². The third kappa shape index (κ3) is 2.60. The van der Waals surface area contributed by atoms with Crippen LogP contribution in [0.2, 0.25) is 0 Å². The van der Waals surface area contributed by atoms with E-state index >= 15 is 0 Å². The van der Waals surface area contributed by atoms with Crippen molar-refractivity contribution in [1.82, 2.24) is 4.98 Å². The Labute approximate surface area is 118 Å². The first-order valence-electron chi connectivity index (χ1n) is 6.70. The molecule has 0 unspecified atom stereocenters. The van der Waals surface area contributed by atoms with Gasteiger partial charge in [0.15, 0.2) is 0 Å². The number of ether oxygens (including phenoxy) is 2. The highest BCUT2D eigenvalue weighted by Crippen LogP contribution is 2.33. The van der Waals surface area contributed by atoms with Crippen molar-refractivity contribution in [3.8, 4) is 11.6 Å². The van der Waals surface area contributed by atoms with Gasteiger partial charge in [-0.25, -0.2) is 4.98 Å². The van der Waals surface area contributed by atoms with Crippen molar-refractivity contribution >= 4 is 0 Å². The summed E-state index contributed by atoms with van der Waals surface area (Å²) in [4.78, 5) is 4.30. The second-order valence-electron chi connectivity index (χ2n) is 4.88. The van der Waals surface area contributed by atoms with E-state index in [0.717, 1.165) is 29.8 Å². The standard InChI is InChI=1S/C16H17NO3/c1-19-16-4-2-3-12(17-16)10-20-13-6-7-14-11(9-13)5-8-15(14)18/h2-4,6-7,9,15,18H,5,8,10H2,1H3/t15-/m0/s1. The molecule has 1 heterocycles. The van der Waals surface area contributed by atoms with E-state index in [1.54, 1.807) is 13.2 Å². The van der Waals surface area contributed by atoms with Gasteiger partial charge >= 0.3 is 0 Å². The van der Waals surface area contributed by atoms with Crippen molar-refractivity contribution in [2.24, 2.45) is 0 Å². The topological polar surface area (TPSA) is 51.6 Å². The minimum Gasteiger partial charge on any atom is -0.487 e. The molecule has 0 saturated carbocycles. The predicted molar refractivity (Wildman–Crippen MR) is 74.8 cm³/mol. The quantitative estimate of drug-likeness (QED) is 0.928. The Hall–Kier alpha value is -2.07. The van der Waals surface area contributed by atoms with Crippen LogP contribution in [0.3, 0.4) is 0 Å². The van der Waals surface area contributed by atoms with E-state index in [0.29, 0.717) is 12.5 Å². The maximum absolute atomic E-state index is 9.77. The van der Waals surface area contributed by atoms with E-state index in [2.05, 4.69) is 4.98 Å². The van der Waals surface area contributed by atoms with Crippen molar-refractivity contribution in [2.75, 3.05) is 7.11 Å². The molecule has 0 radical (unpaired) electrons. The molecule has 0 fully saturated rings. The monoisotopic (exact) mass is 271 g/mol. The Morgan fingerprint density at radius 2 is 2.20 bits per heavy atom. The second kappa shape index (κ2) is 5.51. The summed E-state index contributed by atoms with van der Waals surface area (Å²) < 4.78 is 10.8. The zero-order valence-electron chi connectivity index (χ0n) is 11.4. The van der Waals surface area contributed by atoms with Crippen LogP contribution in [0.1, 0.15) is 29.3 Å². The van der Waals surface area contributed by atoms with Gasteiger partial charge in [0.2, 0.25) is 5.88 Å². The van der Waals surface area contributed by atoms with E-state index in [9.17, 15) is 5.11 Å². The maximum Gasteiger partial charge on any atom is 0.213 e. The molecule has 3 rings (SSSR count). The summed E-state index contributed by atoms with van der Waals surface area (Å²) in [5.74, 6) is 1.39. The Morgan fingerprint density at radius 1 is 1.30 bits per heavy atom. The summed E-state index contributed by atoms with van der Waals surface area (Å²) in [6.07, 6.45) is 1.39. The number of aromatic nitrogens is 1. The van der Waals surface area contributed by atoms with Crippen LogP contribution in [-0.2, 0) is 13.0 Å². The van der Waals surface area contributed by atoms with Crippen LogP contribution >= 0.6 is 0 Å². The molecule has 0 bridgehead atoms. The highest BCUT2D eigenvalue weighted by atomic mass is 16.5. The number of aliphatic hydroxyl groups is 1. The molecular weight excluding hydrogens is 254 g/mol. The van der Waals surface area contributed by atoms with Gasteiger partial charge < -0.3 is 14.6 Å². The molecule has 4 nitrogen and oxygen atoms in total. The average Bonchev–Trinajstić information content (AvgIpc) is 2.86. The van der Waals surface area contributed by atoms with E-state index in [-0.39, 0.29) is 6.10 Å². The van der Waals surface area contributed by atoms with Crippen LogP contribution < -0.4 is 9.47 Å². The highest BCUT2D eigenvalue weighted by Gasteiger charge is 2.20. The van der Waals surface area contributed by atoms with Crippen LogP contribution in [0.15, 0.2) is 36.4 Å². The lowest BCUT2D eigenvalue weighted by atomic mass is 10.1. The van der Waals surface area contributed by atoms with Crippen LogP contribution in [0.4, 0.5) is 0 Å². The lowest BCUT2D eigenvalue weighted by molar-refractivity contribution is 0.180. The van der Waals surface area contributed by atoms with Gasteiger partial charge in [-0.1, -0.05) is 12.1 Å². The maximum atomic E-state index is 9.77. The average molecular weight is 271 g/mol. The summed E-state index contributed by atoms with van der Waals surface area (Å²) in [5.41, 5.74) is 3.02. The fourth-order valence-corrected chi connectivity index (χ4v) is 2.47.